The van der Waals surface area contributed by atoms with Crippen molar-refractivity contribution in [1.82, 2.24) is 24.8 Å². The van der Waals surface area contributed by atoms with E-state index in [1.807, 2.05) is 24.4 Å². The fourth-order valence-corrected chi connectivity index (χ4v) is 5.71. The van der Waals surface area contributed by atoms with E-state index in [2.05, 4.69) is 15.5 Å². The number of thiophene rings is 1. The molecule has 1 saturated heterocycles. The highest BCUT2D eigenvalue weighted by Gasteiger charge is 2.29. The highest BCUT2D eigenvalue weighted by Crippen LogP contribution is 2.40. The number of piperidine rings is 1. The van der Waals surface area contributed by atoms with E-state index in [1.165, 1.54) is 23.5 Å². The highest BCUT2D eigenvalue weighted by molar-refractivity contribution is 7.18. The number of fused-ring (bicyclic) bond motifs is 1. The lowest BCUT2D eigenvalue weighted by Crippen LogP contribution is -2.50. The summed E-state index contributed by atoms with van der Waals surface area (Å²) in [7, 11) is 0. The summed E-state index contributed by atoms with van der Waals surface area (Å²) < 4.78 is 21.7. The van der Waals surface area contributed by atoms with E-state index < -0.39 is 17.5 Å². The Balaban J connectivity index is 1.46. The smallest absolute Gasteiger partial charge is 0.407 e. The Hall–Kier alpha value is -4.30. The lowest BCUT2D eigenvalue weighted by Gasteiger charge is -2.33. The number of alkyl carbamates (subject to hydrolysis) is 1. The molecule has 0 spiro atoms. The van der Waals surface area contributed by atoms with Crippen LogP contribution in [-0.2, 0) is 4.74 Å². The minimum absolute atomic E-state index is 0.0476. The van der Waals surface area contributed by atoms with Crippen LogP contribution in [0.4, 0.5) is 9.18 Å². The minimum Gasteiger partial charge on any atom is -0.444 e. The van der Waals surface area contributed by atoms with Crippen molar-refractivity contribution in [3.8, 4) is 27.6 Å². The van der Waals surface area contributed by atoms with Crippen molar-refractivity contribution < 1.29 is 18.7 Å². The van der Waals surface area contributed by atoms with Crippen molar-refractivity contribution >= 4 is 29.0 Å². The largest absolute Gasteiger partial charge is 0.444 e. The Kier molecular flexibility index (Phi) is 7.06. The number of benzene rings is 1. The van der Waals surface area contributed by atoms with E-state index in [0.29, 0.717) is 34.7 Å². The second kappa shape index (κ2) is 10.5. The summed E-state index contributed by atoms with van der Waals surface area (Å²) in [6.45, 7) is 6.32. The first-order chi connectivity index (χ1) is 18.6. The van der Waals surface area contributed by atoms with Crippen molar-refractivity contribution in [3.05, 3.63) is 65.2 Å². The number of nitrogens with one attached hydrogen (secondary N) is 1. The number of aromatic nitrogens is 3. The number of nitrogens with zero attached hydrogens (tertiary/aromatic N) is 5. The third kappa shape index (κ3) is 5.76. The SMILES string of the molecule is CC(C)(C)OC(=O)N[C@@H]1CCCN(C(=O)c2cc(-c3ccc(C#N)c(F)c3)c(-c3ccn4cnnc4c3)s2)C1. The summed E-state index contributed by atoms with van der Waals surface area (Å²) in [5, 5.41) is 20.1. The molecule has 1 fully saturated rings. The van der Waals surface area contributed by atoms with E-state index in [1.54, 1.807) is 48.5 Å². The topological polar surface area (TPSA) is 113 Å². The predicted octanol–water partition coefficient (Wildman–Crippen LogP) is 5.26. The molecule has 1 atom stereocenters. The summed E-state index contributed by atoms with van der Waals surface area (Å²) in [5.74, 6) is -0.791. The van der Waals surface area contributed by atoms with Gasteiger partial charge in [0.15, 0.2) is 5.65 Å². The van der Waals surface area contributed by atoms with Crippen LogP contribution in [0.3, 0.4) is 0 Å². The van der Waals surface area contributed by atoms with Gasteiger partial charge < -0.3 is 15.0 Å². The number of ether oxygens (including phenoxy) is 1. The quantitative estimate of drug-likeness (QED) is 0.373. The zero-order valence-electron chi connectivity index (χ0n) is 21.8. The maximum absolute atomic E-state index is 14.6. The molecule has 1 aliphatic rings. The van der Waals surface area contributed by atoms with E-state index >= 15 is 0 Å². The van der Waals surface area contributed by atoms with Crippen molar-refractivity contribution in [1.29, 1.82) is 5.26 Å². The molecule has 11 heteroatoms. The Morgan fingerprint density at radius 2 is 2.03 bits per heavy atom. The summed E-state index contributed by atoms with van der Waals surface area (Å²) in [6.07, 6.45) is 4.40. The maximum Gasteiger partial charge on any atom is 0.407 e. The number of halogens is 1. The van der Waals surface area contributed by atoms with E-state index in [4.69, 9.17) is 10.00 Å². The van der Waals surface area contributed by atoms with Gasteiger partial charge in [-0.15, -0.1) is 21.5 Å². The average molecular weight is 547 g/mol. The molecule has 0 bridgehead atoms. The Labute approximate surface area is 228 Å². The van der Waals surface area contributed by atoms with Crippen molar-refractivity contribution in [2.75, 3.05) is 13.1 Å². The van der Waals surface area contributed by atoms with Crippen LogP contribution in [0.25, 0.3) is 27.2 Å². The van der Waals surface area contributed by atoms with Crippen molar-refractivity contribution in [2.45, 2.75) is 45.3 Å². The van der Waals surface area contributed by atoms with Crippen LogP contribution in [0.2, 0.25) is 0 Å². The van der Waals surface area contributed by atoms with Gasteiger partial charge in [-0.25, -0.2) is 9.18 Å². The van der Waals surface area contributed by atoms with Gasteiger partial charge in [-0.3, -0.25) is 9.20 Å². The molecule has 39 heavy (non-hydrogen) atoms. The fraction of sp³-hybridized carbons (Fsp3) is 0.321. The van der Waals surface area contributed by atoms with Crippen molar-refractivity contribution in [3.63, 3.8) is 0 Å². The number of hydrogen-bond acceptors (Lipinski definition) is 7. The molecule has 1 aromatic carbocycles. The zero-order chi connectivity index (χ0) is 27.7. The fourth-order valence-electron chi connectivity index (χ4n) is 4.57. The first-order valence-electron chi connectivity index (χ1n) is 12.5. The molecular weight excluding hydrogens is 519 g/mol. The standard InChI is InChI=1S/C28H27FN6O3S/c1-28(2,3)38-27(37)32-20-5-4-9-34(15-20)26(36)23-13-21(17-6-7-19(14-30)22(29)11-17)25(39-23)18-8-10-35-16-31-33-24(35)12-18/h6-8,10-13,16,20H,4-5,9,15H2,1-3H3,(H,32,37)/t20-/m1/s1. The minimum atomic E-state index is -0.625. The number of rotatable bonds is 4. The van der Waals surface area contributed by atoms with Crippen LogP contribution < -0.4 is 5.32 Å². The van der Waals surface area contributed by atoms with Gasteiger partial charge in [-0.1, -0.05) is 6.07 Å². The highest BCUT2D eigenvalue weighted by atomic mass is 32.1. The number of carbonyl (C=O) groups excluding carboxylic acids is 2. The lowest BCUT2D eigenvalue weighted by molar-refractivity contribution is 0.0453. The molecule has 200 valence electrons. The number of hydrogen-bond donors (Lipinski definition) is 1. The van der Waals surface area contributed by atoms with Crippen LogP contribution >= 0.6 is 11.3 Å². The molecule has 1 N–H and O–H groups in total. The number of nitriles is 1. The van der Waals surface area contributed by atoms with Crippen LogP contribution in [0.1, 0.15) is 48.8 Å². The molecule has 0 saturated carbocycles. The summed E-state index contributed by atoms with van der Waals surface area (Å²) in [4.78, 5) is 29.0. The third-order valence-corrected chi connectivity index (χ3v) is 7.51. The van der Waals surface area contributed by atoms with Gasteiger partial charge in [-0.2, -0.15) is 5.26 Å². The van der Waals surface area contributed by atoms with E-state index in [0.717, 1.165) is 23.3 Å². The van der Waals surface area contributed by atoms with Crippen LogP contribution in [-0.4, -0.2) is 56.2 Å². The van der Waals surface area contributed by atoms with Crippen LogP contribution in [0.5, 0.6) is 0 Å². The van der Waals surface area contributed by atoms with Gasteiger partial charge in [0.05, 0.1) is 10.4 Å². The first-order valence-corrected chi connectivity index (χ1v) is 13.4. The number of likely N-dealkylation sites (tertiary alicyclic amines) is 1. The third-order valence-electron chi connectivity index (χ3n) is 6.34. The Bertz CT molecular complexity index is 1600. The molecule has 0 aliphatic carbocycles. The first kappa shape index (κ1) is 26.3. The lowest BCUT2D eigenvalue weighted by atomic mass is 10.0. The number of amides is 2. The van der Waals surface area contributed by atoms with Gasteiger partial charge in [-0.05, 0) is 75.1 Å². The normalized spacial score (nSPS) is 15.7. The molecule has 1 aliphatic heterocycles. The number of pyridine rings is 1. The van der Waals surface area contributed by atoms with E-state index in [9.17, 15) is 14.0 Å². The van der Waals surface area contributed by atoms with Gasteiger partial charge in [0.2, 0.25) is 0 Å². The van der Waals surface area contributed by atoms with Crippen LogP contribution in [0, 0.1) is 17.1 Å². The predicted molar refractivity (Wildman–Crippen MR) is 145 cm³/mol. The molecule has 9 nitrogen and oxygen atoms in total. The molecule has 4 aromatic rings. The van der Waals surface area contributed by atoms with Crippen molar-refractivity contribution in [2.24, 2.45) is 0 Å². The van der Waals surface area contributed by atoms with Crippen LogP contribution in [0.15, 0.2) is 48.9 Å². The molecule has 3 aromatic heterocycles. The monoisotopic (exact) mass is 546 g/mol. The Morgan fingerprint density at radius 1 is 1.21 bits per heavy atom. The number of carbonyl (C=O) groups is 2. The Morgan fingerprint density at radius 3 is 2.77 bits per heavy atom. The van der Waals surface area contributed by atoms with Gasteiger partial charge in [0, 0.05) is 35.8 Å². The maximum atomic E-state index is 14.6. The molecule has 0 radical (unpaired) electrons. The average Bonchev–Trinajstić information content (AvgIpc) is 3.54. The summed E-state index contributed by atoms with van der Waals surface area (Å²) >= 11 is 1.31. The molecule has 4 heterocycles. The van der Waals surface area contributed by atoms with Gasteiger partial charge >= 0.3 is 6.09 Å². The summed E-state index contributed by atoms with van der Waals surface area (Å²) in [5.41, 5.74) is 2.02. The van der Waals surface area contributed by atoms with E-state index in [-0.39, 0.29) is 17.5 Å². The second-order valence-electron chi connectivity index (χ2n) is 10.4. The summed E-state index contributed by atoms with van der Waals surface area (Å²) in [6, 6.07) is 11.6. The van der Waals surface area contributed by atoms with Gasteiger partial charge in [0.1, 0.15) is 23.8 Å². The molecule has 5 rings (SSSR count). The molecular formula is C28H27FN6O3S. The molecule has 0 unspecified atom stereocenters. The molecule has 2 amide bonds. The van der Waals surface area contributed by atoms with Gasteiger partial charge in [0.25, 0.3) is 5.91 Å². The zero-order valence-corrected chi connectivity index (χ0v) is 22.6. The second-order valence-corrected chi connectivity index (χ2v) is 11.5.